The van der Waals surface area contributed by atoms with Crippen molar-refractivity contribution >= 4 is 34.3 Å². The van der Waals surface area contributed by atoms with E-state index in [1.807, 2.05) is 0 Å². The van der Waals surface area contributed by atoms with Gasteiger partial charge in [0.2, 0.25) is 15.3 Å². The Labute approximate surface area is 153 Å². The molecular weight excluding hydrogens is 364 g/mol. The first kappa shape index (κ1) is 20.3. The topological polar surface area (TPSA) is 107 Å². The number of sulfonamides is 1. The van der Waals surface area contributed by atoms with Gasteiger partial charge in [-0.25, -0.2) is 22.6 Å². The molecule has 10 nitrogen and oxygen atoms in total. The molecule has 146 valence electrons. The molecule has 0 spiro atoms. The quantitative estimate of drug-likeness (QED) is 0.592. The van der Waals surface area contributed by atoms with Crippen molar-refractivity contribution < 1.29 is 32.1 Å². The smallest absolute Gasteiger partial charge is 0.444 e. The van der Waals surface area contributed by atoms with E-state index >= 15 is 0 Å². The van der Waals surface area contributed by atoms with Gasteiger partial charge < -0.3 is 9.64 Å². The van der Waals surface area contributed by atoms with Gasteiger partial charge in [0.15, 0.2) is 0 Å². The van der Waals surface area contributed by atoms with Gasteiger partial charge >= 0.3 is 18.0 Å². The third-order valence-corrected chi connectivity index (χ3v) is 6.14. The molecule has 0 aliphatic carbocycles. The number of hydrogen-bond donors (Lipinski definition) is 0. The molecule has 2 rings (SSSR count). The third-order valence-electron chi connectivity index (χ3n) is 4.09. The normalized spacial score (nSPS) is 23.1. The van der Waals surface area contributed by atoms with Crippen LogP contribution in [-0.2, 0) is 19.6 Å². The minimum Gasteiger partial charge on any atom is -0.444 e. The summed E-state index contributed by atoms with van der Waals surface area (Å²) in [6.07, 6.45) is 0.611. The molecule has 0 bridgehead atoms. The number of imide groups is 1. The molecule has 0 aromatic heterocycles. The van der Waals surface area contributed by atoms with Gasteiger partial charge in [-0.1, -0.05) is 0 Å². The second kappa shape index (κ2) is 6.95. The van der Waals surface area contributed by atoms with Crippen LogP contribution >= 0.6 is 0 Å². The highest BCUT2D eigenvalue weighted by Gasteiger charge is 2.48. The SMILES string of the molecule is CN1C(=O)C(S(=O)(=O)N2CCN(C(=O)OC(C)(C)C)CC2)C=[N+](C)C1=O. The maximum absolute atomic E-state index is 12.8. The van der Waals surface area contributed by atoms with Crippen molar-refractivity contribution in [2.75, 3.05) is 40.3 Å². The molecule has 0 aromatic carbocycles. The Hall–Kier alpha value is -2.01. The molecule has 1 unspecified atom stereocenters. The number of ether oxygens (including phenoxy) is 1. The number of amides is 4. The molecule has 0 aromatic rings. The van der Waals surface area contributed by atoms with Gasteiger partial charge in [0.25, 0.3) is 0 Å². The van der Waals surface area contributed by atoms with Crippen molar-refractivity contribution in [3.05, 3.63) is 0 Å². The average Bonchev–Trinajstić information content (AvgIpc) is 2.54. The van der Waals surface area contributed by atoms with Crippen molar-refractivity contribution in [1.82, 2.24) is 14.1 Å². The lowest BCUT2D eigenvalue weighted by Crippen LogP contribution is -2.59. The summed E-state index contributed by atoms with van der Waals surface area (Å²) in [7, 11) is -1.35. The Bertz CT molecular complexity index is 747. The lowest BCUT2D eigenvalue weighted by Gasteiger charge is -2.35. The Morgan fingerprint density at radius 2 is 1.73 bits per heavy atom. The second-order valence-corrected chi connectivity index (χ2v) is 9.33. The van der Waals surface area contributed by atoms with Crippen LogP contribution in [0.4, 0.5) is 9.59 Å². The van der Waals surface area contributed by atoms with Crippen LogP contribution in [0.2, 0.25) is 0 Å². The van der Waals surface area contributed by atoms with E-state index in [4.69, 9.17) is 4.74 Å². The van der Waals surface area contributed by atoms with Crippen molar-refractivity contribution in [1.29, 1.82) is 0 Å². The van der Waals surface area contributed by atoms with E-state index in [2.05, 4.69) is 0 Å². The van der Waals surface area contributed by atoms with Gasteiger partial charge in [-0.15, -0.1) is 0 Å². The molecule has 2 aliphatic heterocycles. The summed E-state index contributed by atoms with van der Waals surface area (Å²) in [5, 5.41) is -1.46. The van der Waals surface area contributed by atoms with Crippen LogP contribution in [0.15, 0.2) is 0 Å². The number of rotatable bonds is 2. The first-order valence-corrected chi connectivity index (χ1v) is 9.71. The highest BCUT2D eigenvalue weighted by Crippen LogP contribution is 2.18. The molecular formula is C15H25N4O6S+. The number of carbonyl (C=O) groups is 3. The molecule has 2 heterocycles. The summed E-state index contributed by atoms with van der Waals surface area (Å²) in [5.41, 5.74) is -0.633. The molecule has 11 heteroatoms. The number of urea groups is 1. The fourth-order valence-electron chi connectivity index (χ4n) is 2.67. The maximum atomic E-state index is 12.8. The first-order valence-electron chi connectivity index (χ1n) is 8.21. The van der Waals surface area contributed by atoms with Gasteiger partial charge in [0.05, 0.1) is 14.1 Å². The van der Waals surface area contributed by atoms with Gasteiger partial charge in [0.1, 0.15) is 11.8 Å². The second-order valence-electron chi connectivity index (χ2n) is 7.27. The van der Waals surface area contributed by atoms with Crippen LogP contribution in [0.1, 0.15) is 20.8 Å². The zero-order chi connectivity index (χ0) is 19.9. The Morgan fingerprint density at radius 3 is 2.23 bits per heavy atom. The molecule has 1 saturated heterocycles. The molecule has 0 radical (unpaired) electrons. The van der Waals surface area contributed by atoms with Gasteiger partial charge in [-0.05, 0) is 20.8 Å². The zero-order valence-electron chi connectivity index (χ0n) is 15.6. The van der Waals surface area contributed by atoms with Gasteiger partial charge in [-0.3, -0.25) is 0 Å². The molecule has 2 aliphatic rings. The summed E-state index contributed by atoms with van der Waals surface area (Å²) in [4.78, 5) is 38.3. The van der Waals surface area contributed by atoms with Crippen molar-refractivity contribution in [2.45, 2.75) is 31.6 Å². The largest absolute Gasteiger partial charge is 0.500 e. The van der Waals surface area contributed by atoms with Crippen LogP contribution in [0.25, 0.3) is 0 Å². The highest BCUT2D eigenvalue weighted by atomic mass is 32.2. The zero-order valence-corrected chi connectivity index (χ0v) is 16.4. The molecule has 0 saturated carbocycles. The molecule has 1 atom stereocenters. The molecule has 0 N–H and O–H groups in total. The standard InChI is InChI=1S/C15H25N4O6S/c1-15(2,3)25-14(22)18-6-8-19(9-7-18)26(23,24)11-10-16(4)13(21)17(5)12(11)20/h10-11H,6-9H2,1-5H3/q+1. The van der Waals surface area contributed by atoms with E-state index in [1.165, 1.54) is 23.3 Å². The van der Waals surface area contributed by atoms with E-state index in [1.54, 1.807) is 20.8 Å². The van der Waals surface area contributed by atoms with Gasteiger partial charge in [-0.2, -0.15) is 14.0 Å². The number of hydrogen-bond acceptors (Lipinski definition) is 6. The van der Waals surface area contributed by atoms with E-state index in [-0.39, 0.29) is 26.2 Å². The van der Waals surface area contributed by atoms with Crippen molar-refractivity contribution in [3.63, 3.8) is 0 Å². The molecule has 4 amide bonds. The number of nitrogens with zero attached hydrogens (tertiary/aromatic N) is 4. The fourth-order valence-corrected chi connectivity index (χ4v) is 4.41. The lowest BCUT2D eigenvalue weighted by atomic mass is 10.2. The van der Waals surface area contributed by atoms with Crippen LogP contribution in [0.3, 0.4) is 0 Å². The van der Waals surface area contributed by atoms with Gasteiger partial charge in [0, 0.05) is 26.2 Å². The first-order chi connectivity index (χ1) is 11.8. The van der Waals surface area contributed by atoms with Crippen LogP contribution in [-0.4, -0.2) is 102 Å². The molecule has 1 fully saturated rings. The van der Waals surface area contributed by atoms with E-state index in [9.17, 15) is 22.8 Å². The lowest BCUT2D eigenvalue weighted by molar-refractivity contribution is -0.399. The Balaban J connectivity index is 2.10. The third kappa shape index (κ3) is 4.04. The number of carbonyl (C=O) groups excluding carboxylic acids is 3. The minimum absolute atomic E-state index is 0.0561. The van der Waals surface area contributed by atoms with Crippen LogP contribution < -0.4 is 0 Å². The summed E-state index contributed by atoms with van der Waals surface area (Å²) >= 11 is 0. The summed E-state index contributed by atoms with van der Waals surface area (Å²) in [6.45, 7) is 5.71. The average molecular weight is 389 g/mol. The number of piperazine rings is 1. The summed E-state index contributed by atoms with van der Waals surface area (Å²) < 4.78 is 33.2. The van der Waals surface area contributed by atoms with Crippen LogP contribution in [0, 0.1) is 0 Å². The van der Waals surface area contributed by atoms with E-state index in [0.29, 0.717) is 0 Å². The fraction of sp³-hybridized carbons (Fsp3) is 0.733. The molecule has 26 heavy (non-hydrogen) atoms. The van der Waals surface area contributed by atoms with E-state index < -0.39 is 38.9 Å². The van der Waals surface area contributed by atoms with E-state index in [0.717, 1.165) is 15.7 Å². The Kier molecular flexibility index (Phi) is 5.43. The predicted octanol–water partition coefficient (Wildman–Crippen LogP) is -0.457. The summed E-state index contributed by atoms with van der Waals surface area (Å²) in [5.74, 6) is -0.789. The van der Waals surface area contributed by atoms with Crippen molar-refractivity contribution in [2.24, 2.45) is 0 Å². The van der Waals surface area contributed by atoms with Crippen LogP contribution in [0.5, 0.6) is 0 Å². The maximum Gasteiger partial charge on any atom is 0.500 e. The monoisotopic (exact) mass is 389 g/mol. The minimum atomic E-state index is -3.99. The highest BCUT2D eigenvalue weighted by molar-refractivity contribution is 7.91. The Morgan fingerprint density at radius 1 is 1.19 bits per heavy atom. The predicted molar refractivity (Wildman–Crippen MR) is 92.5 cm³/mol. The summed E-state index contributed by atoms with van der Waals surface area (Å²) in [6, 6.07) is -0.587. The van der Waals surface area contributed by atoms with Crippen molar-refractivity contribution in [3.8, 4) is 0 Å².